The SMILES string of the molecule is COc1cc(/C=C/c2ccc3cc(C)ccc3n2)ccc1O. The fourth-order valence-electron chi connectivity index (χ4n) is 2.33. The maximum absolute atomic E-state index is 9.60. The Labute approximate surface area is 129 Å². The minimum atomic E-state index is 0.138. The number of nitrogens with zero attached hydrogens (tertiary/aromatic N) is 1. The third-order valence-corrected chi connectivity index (χ3v) is 3.52. The number of benzene rings is 2. The standard InChI is InChI=1S/C19H17NO2/c1-13-3-9-17-15(11-13)6-8-16(20-17)7-4-14-5-10-18(21)19(12-14)22-2/h3-12,21H,1-2H3/b7-4+. The molecule has 110 valence electrons. The molecular formula is C19H17NO2. The molecule has 3 heteroatoms. The highest BCUT2D eigenvalue weighted by Gasteiger charge is 2.01. The van der Waals surface area contributed by atoms with Gasteiger partial charge in [0.1, 0.15) is 0 Å². The Morgan fingerprint density at radius 3 is 2.68 bits per heavy atom. The van der Waals surface area contributed by atoms with Crippen LogP contribution in [0.3, 0.4) is 0 Å². The number of methoxy groups -OCH3 is 1. The van der Waals surface area contributed by atoms with Crippen LogP contribution < -0.4 is 4.74 Å². The first-order chi connectivity index (χ1) is 10.7. The van der Waals surface area contributed by atoms with E-state index >= 15 is 0 Å². The summed E-state index contributed by atoms with van der Waals surface area (Å²) >= 11 is 0. The van der Waals surface area contributed by atoms with E-state index in [1.807, 2.05) is 30.4 Å². The first kappa shape index (κ1) is 14.1. The lowest BCUT2D eigenvalue weighted by molar-refractivity contribution is 0.373. The smallest absolute Gasteiger partial charge is 0.161 e. The highest BCUT2D eigenvalue weighted by Crippen LogP contribution is 2.27. The summed E-state index contributed by atoms with van der Waals surface area (Å²) in [6.07, 6.45) is 3.90. The van der Waals surface area contributed by atoms with Crippen molar-refractivity contribution in [2.75, 3.05) is 7.11 Å². The summed E-state index contributed by atoms with van der Waals surface area (Å²) in [6, 6.07) is 15.5. The minimum absolute atomic E-state index is 0.138. The second-order valence-corrected chi connectivity index (χ2v) is 5.20. The molecule has 3 rings (SSSR count). The second kappa shape index (κ2) is 5.90. The molecule has 0 atom stereocenters. The molecule has 1 N–H and O–H groups in total. The van der Waals surface area contributed by atoms with E-state index in [2.05, 4.69) is 30.1 Å². The number of aromatic nitrogens is 1. The van der Waals surface area contributed by atoms with Crippen molar-refractivity contribution in [3.8, 4) is 11.5 Å². The topological polar surface area (TPSA) is 42.4 Å². The van der Waals surface area contributed by atoms with Crippen LogP contribution in [0.1, 0.15) is 16.8 Å². The zero-order valence-electron chi connectivity index (χ0n) is 12.6. The molecule has 0 aliphatic carbocycles. The Morgan fingerprint density at radius 1 is 1.00 bits per heavy atom. The van der Waals surface area contributed by atoms with Gasteiger partial charge >= 0.3 is 0 Å². The summed E-state index contributed by atoms with van der Waals surface area (Å²) in [5, 5.41) is 10.7. The average Bonchev–Trinajstić information content (AvgIpc) is 2.54. The first-order valence-electron chi connectivity index (χ1n) is 7.08. The maximum Gasteiger partial charge on any atom is 0.161 e. The van der Waals surface area contributed by atoms with E-state index in [4.69, 9.17) is 4.74 Å². The fraction of sp³-hybridized carbons (Fsp3) is 0.105. The number of ether oxygens (including phenoxy) is 1. The summed E-state index contributed by atoms with van der Waals surface area (Å²) in [5.74, 6) is 0.600. The van der Waals surface area contributed by atoms with E-state index < -0.39 is 0 Å². The molecule has 0 saturated carbocycles. The number of phenols is 1. The molecule has 2 aromatic carbocycles. The highest BCUT2D eigenvalue weighted by atomic mass is 16.5. The number of pyridine rings is 1. The normalized spacial score (nSPS) is 11.2. The fourth-order valence-corrected chi connectivity index (χ4v) is 2.33. The molecule has 0 aliphatic heterocycles. The van der Waals surface area contributed by atoms with Gasteiger partial charge in [0, 0.05) is 5.39 Å². The van der Waals surface area contributed by atoms with Crippen molar-refractivity contribution in [1.29, 1.82) is 0 Å². The van der Waals surface area contributed by atoms with Gasteiger partial charge in [-0.25, -0.2) is 4.98 Å². The Kier molecular flexibility index (Phi) is 3.79. The number of hydrogen-bond donors (Lipinski definition) is 1. The summed E-state index contributed by atoms with van der Waals surface area (Å²) in [4.78, 5) is 4.62. The van der Waals surface area contributed by atoms with Crippen molar-refractivity contribution in [3.05, 3.63) is 65.4 Å². The summed E-state index contributed by atoms with van der Waals surface area (Å²) in [6.45, 7) is 2.07. The number of aryl methyl sites for hydroxylation is 1. The van der Waals surface area contributed by atoms with E-state index in [1.54, 1.807) is 12.1 Å². The lowest BCUT2D eigenvalue weighted by Crippen LogP contribution is -1.85. The van der Waals surface area contributed by atoms with Crippen LogP contribution >= 0.6 is 0 Å². The number of hydrogen-bond acceptors (Lipinski definition) is 3. The van der Waals surface area contributed by atoms with E-state index in [1.165, 1.54) is 12.7 Å². The van der Waals surface area contributed by atoms with Crippen LogP contribution in [0.4, 0.5) is 0 Å². The molecule has 0 bridgehead atoms. The predicted molar refractivity (Wildman–Crippen MR) is 90.1 cm³/mol. The predicted octanol–water partition coefficient (Wildman–Crippen LogP) is 4.43. The number of aromatic hydroxyl groups is 1. The van der Waals surface area contributed by atoms with Gasteiger partial charge in [0.2, 0.25) is 0 Å². The molecule has 22 heavy (non-hydrogen) atoms. The van der Waals surface area contributed by atoms with Gasteiger partial charge in [-0.1, -0.05) is 29.8 Å². The zero-order chi connectivity index (χ0) is 15.5. The van der Waals surface area contributed by atoms with Crippen LogP contribution in [0.15, 0.2) is 48.5 Å². The van der Waals surface area contributed by atoms with Crippen LogP contribution in [0.25, 0.3) is 23.1 Å². The van der Waals surface area contributed by atoms with Crippen LogP contribution in [0, 0.1) is 6.92 Å². The van der Waals surface area contributed by atoms with Crippen molar-refractivity contribution >= 4 is 23.1 Å². The molecule has 0 saturated heterocycles. The Hall–Kier alpha value is -2.81. The minimum Gasteiger partial charge on any atom is -0.504 e. The molecule has 0 amide bonds. The van der Waals surface area contributed by atoms with Gasteiger partial charge in [-0.2, -0.15) is 0 Å². The van der Waals surface area contributed by atoms with Crippen molar-refractivity contribution in [2.24, 2.45) is 0 Å². The van der Waals surface area contributed by atoms with Crippen LogP contribution in [0.2, 0.25) is 0 Å². The highest BCUT2D eigenvalue weighted by molar-refractivity contribution is 5.81. The molecule has 1 heterocycles. The third kappa shape index (κ3) is 2.93. The maximum atomic E-state index is 9.60. The summed E-state index contributed by atoms with van der Waals surface area (Å²) in [7, 11) is 1.54. The Balaban J connectivity index is 1.90. The van der Waals surface area contributed by atoms with Crippen molar-refractivity contribution in [1.82, 2.24) is 4.98 Å². The molecular weight excluding hydrogens is 274 g/mol. The monoisotopic (exact) mass is 291 g/mol. The van der Waals surface area contributed by atoms with Gasteiger partial charge in [-0.3, -0.25) is 0 Å². The van der Waals surface area contributed by atoms with Gasteiger partial charge in [0.05, 0.1) is 18.3 Å². The average molecular weight is 291 g/mol. The molecule has 0 fully saturated rings. The molecule has 3 aromatic rings. The van der Waals surface area contributed by atoms with Gasteiger partial charge in [-0.15, -0.1) is 0 Å². The zero-order valence-corrected chi connectivity index (χ0v) is 12.6. The van der Waals surface area contributed by atoms with Gasteiger partial charge in [-0.05, 0) is 48.9 Å². The second-order valence-electron chi connectivity index (χ2n) is 5.20. The lowest BCUT2D eigenvalue weighted by Gasteiger charge is -2.04. The number of rotatable bonds is 3. The van der Waals surface area contributed by atoms with Gasteiger partial charge < -0.3 is 9.84 Å². The number of fused-ring (bicyclic) bond motifs is 1. The molecule has 0 unspecified atom stereocenters. The molecule has 0 spiro atoms. The van der Waals surface area contributed by atoms with Gasteiger partial charge in [0.15, 0.2) is 11.5 Å². The van der Waals surface area contributed by atoms with E-state index in [0.29, 0.717) is 5.75 Å². The van der Waals surface area contributed by atoms with Crippen LogP contribution in [0.5, 0.6) is 11.5 Å². The molecule has 0 aliphatic rings. The van der Waals surface area contributed by atoms with Gasteiger partial charge in [0.25, 0.3) is 0 Å². The van der Waals surface area contributed by atoms with Crippen LogP contribution in [-0.4, -0.2) is 17.2 Å². The molecule has 1 aromatic heterocycles. The number of phenolic OH excluding ortho intramolecular Hbond substituents is 1. The van der Waals surface area contributed by atoms with E-state index in [-0.39, 0.29) is 5.75 Å². The largest absolute Gasteiger partial charge is 0.504 e. The van der Waals surface area contributed by atoms with Crippen molar-refractivity contribution < 1.29 is 9.84 Å². The first-order valence-corrected chi connectivity index (χ1v) is 7.08. The molecule has 0 radical (unpaired) electrons. The third-order valence-electron chi connectivity index (χ3n) is 3.52. The summed E-state index contributed by atoms with van der Waals surface area (Å²) < 4.78 is 5.11. The Morgan fingerprint density at radius 2 is 1.86 bits per heavy atom. The quantitative estimate of drug-likeness (QED) is 0.776. The molecule has 3 nitrogen and oxygen atoms in total. The van der Waals surface area contributed by atoms with Crippen LogP contribution in [-0.2, 0) is 0 Å². The van der Waals surface area contributed by atoms with E-state index in [9.17, 15) is 5.11 Å². The Bertz CT molecular complexity index is 853. The van der Waals surface area contributed by atoms with Crippen molar-refractivity contribution in [2.45, 2.75) is 6.92 Å². The van der Waals surface area contributed by atoms with Crippen molar-refractivity contribution in [3.63, 3.8) is 0 Å². The lowest BCUT2D eigenvalue weighted by atomic mass is 10.1. The summed E-state index contributed by atoms with van der Waals surface area (Å²) in [5.41, 5.74) is 4.05. The van der Waals surface area contributed by atoms with E-state index in [0.717, 1.165) is 22.2 Å².